The summed E-state index contributed by atoms with van der Waals surface area (Å²) in [7, 11) is 0. The van der Waals surface area contributed by atoms with Gasteiger partial charge in [-0.1, -0.05) is 36.4 Å². The first-order valence-electron chi connectivity index (χ1n) is 5.84. The molecule has 0 fully saturated rings. The normalized spacial score (nSPS) is 10.5. The highest BCUT2D eigenvalue weighted by Gasteiger charge is 2.12. The molecule has 0 saturated heterocycles. The SMILES string of the molecule is NC(=O)Nc1ccccc1-c1n[nH]c2ccccc12. The van der Waals surface area contributed by atoms with Crippen molar-refractivity contribution in [3.05, 3.63) is 48.5 Å². The highest BCUT2D eigenvalue weighted by Crippen LogP contribution is 2.31. The van der Waals surface area contributed by atoms with Crippen LogP contribution in [0.15, 0.2) is 48.5 Å². The Hall–Kier alpha value is -2.82. The average molecular weight is 252 g/mol. The van der Waals surface area contributed by atoms with Crippen molar-refractivity contribution in [1.82, 2.24) is 10.2 Å². The monoisotopic (exact) mass is 252 g/mol. The number of carbonyl (C=O) groups is 1. The molecule has 3 rings (SSSR count). The molecule has 5 nitrogen and oxygen atoms in total. The van der Waals surface area contributed by atoms with E-state index in [1.807, 2.05) is 42.5 Å². The van der Waals surface area contributed by atoms with E-state index in [4.69, 9.17) is 5.73 Å². The number of urea groups is 1. The molecule has 0 atom stereocenters. The third-order valence-corrected chi connectivity index (χ3v) is 2.91. The van der Waals surface area contributed by atoms with Gasteiger partial charge in [-0.15, -0.1) is 0 Å². The lowest BCUT2D eigenvalue weighted by Crippen LogP contribution is -2.19. The zero-order chi connectivity index (χ0) is 13.2. The number of aromatic amines is 1. The van der Waals surface area contributed by atoms with Crippen LogP contribution in [0.1, 0.15) is 0 Å². The third kappa shape index (κ3) is 2.01. The number of fused-ring (bicyclic) bond motifs is 1. The maximum atomic E-state index is 11.0. The fourth-order valence-corrected chi connectivity index (χ4v) is 2.10. The highest BCUT2D eigenvalue weighted by molar-refractivity contribution is 5.99. The van der Waals surface area contributed by atoms with Gasteiger partial charge in [0, 0.05) is 10.9 Å². The Labute approximate surface area is 109 Å². The smallest absolute Gasteiger partial charge is 0.316 e. The number of nitrogens with one attached hydrogen (secondary N) is 2. The molecule has 1 aromatic heterocycles. The Morgan fingerprint density at radius 1 is 1.11 bits per heavy atom. The molecule has 0 aliphatic carbocycles. The lowest BCUT2D eigenvalue weighted by Gasteiger charge is -2.07. The fraction of sp³-hybridized carbons (Fsp3) is 0. The molecule has 5 heteroatoms. The van der Waals surface area contributed by atoms with Crippen LogP contribution in [0.25, 0.3) is 22.2 Å². The number of hydrogen-bond donors (Lipinski definition) is 3. The first kappa shape index (κ1) is 11.3. The first-order valence-corrected chi connectivity index (χ1v) is 5.84. The topological polar surface area (TPSA) is 83.8 Å². The second-order valence-electron chi connectivity index (χ2n) is 4.15. The summed E-state index contributed by atoms with van der Waals surface area (Å²) < 4.78 is 0. The summed E-state index contributed by atoms with van der Waals surface area (Å²) in [5.74, 6) is 0. The second kappa shape index (κ2) is 4.45. The molecule has 0 radical (unpaired) electrons. The number of rotatable bonds is 2. The number of carbonyl (C=O) groups excluding carboxylic acids is 1. The van der Waals surface area contributed by atoms with Crippen molar-refractivity contribution < 1.29 is 4.79 Å². The lowest BCUT2D eigenvalue weighted by atomic mass is 10.1. The molecule has 4 N–H and O–H groups in total. The highest BCUT2D eigenvalue weighted by atomic mass is 16.2. The van der Waals surface area contributed by atoms with Crippen LogP contribution >= 0.6 is 0 Å². The van der Waals surface area contributed by atoms with Gasteiger partial charge in [-0.2, -0.15) is 5.10 Å². The van der Waals surface area contributed by atoms with Crippen LogP contribution in [0.5, 0.6) is 0 Å². The standard InChI is InChI=1S/C14H12N4O/c15-14(19)16-11-7-3-1-5-9(11)13-10-6-2-4-8-12(10)17-18-13/h1-8H,(H,17,18)(H3,15,16,19). The summed E-state index contributed by atoms with van der Waals surface area (Å²) in [5, 5.41) is 10.9. The fourth-order valence-electron chi connectivity index (χ4n) is 2.10. The number of anilines is 1. The predicted octanol–water partition coefficient (Wildman–Crippen LogP) is 2.72. The summed E-state index contributed by atoms with van der Waals surface area (Å²) >= 11 is 0. The minimum Gasteiger partial charge on any atom is -0.351 e. The van der Waals surface area contributed by atoms with E-state index >= 15 is 0 Å². The number of aromatic nitrogens is 2. The van der Waals surface area contributed by atoms with Crippen molar-refractivity contribution in [2.45, 2.75) is 0 Å². The largest absolute Gasteiger partial charge is 0.351 e. The van der Waals surface area contributed by atoms with Gasteiger partial charge in [0.2, 0.25) is 0 Å². The van der Waals surface area contributed by atoms with E-state index in [0.717, 1.165) is 22.2 Å². The molecule has 2 aromatic carbocycles. The summed E-state index contributed by atoms with van der Waals surface area (Å²) in [6, 6.07) is 14.7. The van der Waals surface area contributed by atoms with Gasteiger partial charge in [-0.05, 0) is 12.1 Å². The van der Waals surface area contributed by atoms with E-state index in [2.05, 4.69) is 15.5 Å². The van der Waals surface area contributed by atoms with Gasteiger partial charge in [0.1, 0.15) is 5.69 Å². The Balaban J connectivity index is 2.19. The van der Waals surface area contributed by atoms with Crippen molar-refractivity contribution in [3.8, 4) is 11.3 Å². The molecule has 19 heavy (non-hydrogen) atoms. The number of benzene rings is 2. The lowest BCUT2D eigenvalue weighted by molar-refractivity contribution is 0.259. The number of hydrogen-bond acceptors (Lipinski definition) is 2. The summed E-state index contributed by atoms with van der Waals surface area (Å²) in [4.78, 5) is 11.0. The molecule has 2 amide bonds. The molecule has 1 heterocycles. The Bertz CT molecular complexity index is 748. The van der Waals surface area contributed by atoms with E-state index in [-0.39, 0.29) is 0 Å². The maximum Gasteiger partial charge on any atom is 0.316 e. The molecule has 0 aliphatic heterocycles. The van der Waals surface area contributed by atoms with E-state index in [1.165, 1.54) is 0 Å². The van der Waals surface area contributed by atoms with Gasteiger partial charge in [-0.3, -0.25) is 5.10 Å². The Morgan fingerprint density at radius 3 is 2.68 bits per heavy atom. The predicted molar refractivity (Wildman–Crippen MR) is 74.7 cm³/mol. The van der Waals surface area contributed by atoms with Crippen LogP contribution in [0.3, 0.4) is 0 Å². The minimum atomic E-state index is -0.590. The molecule has 0 bridgehead atoms. The molecule has 3 aromatic rings. The first-order chi connectivity index (χ1) is 9.25. The van der Waals surface area contributed by atoms with Crippen molar-refractivity contribution in [1.29, 1.82) is 0 Å². The number of para-hydroxylation sites is 2. The van der Waals surface area contributed by atoms with Crippen molar-refractivity contribution >= 4 is 22.6 Å². The minimum absolute atomic E-state index is 0.590. The number of nitrogens with zero attached hydrogens (tertiary/aromatic N) is 1. The number of nitrogens with two attached hydrogens (primary N) is 1. The van der Waals surface area contributed by atoms with Gasteiger partial charge in [0.15, 0.2) is 0 Å². The van der Waals surface area contributed by atoms with E-state index in [1.54, 1.807) is 6.07 Å². The molecule has 0 spiro atoms. The summed E-state index contributed by atoms with van der Waals surface area (Å²) in [6.07, 6.45) is 0. The van der Waals surface area contributed by atoms with Crippen molar-refractivity contribution in [2.24, 2.45) is 5.73 Å². The van der Waals surface area contributed by atoms with Crippen LogP contribution in [0, 0.1) is 0 Å². The van der Waals surface area contributed by atoms with Gasteiger partial charge in [-0.25, -0.2) is 4.79 Å². The quantitative estimate of drug-likeness (QED) is 0.655. The van der Waals surface area contributed by atoms with Crippen molar-refractivity contribution in [2.75, 3.05) is 5.32 Å². The molecule has 94 valence electrons. The van der Waals surface area contributed by atoms with Crippen LogP contribution < -0.4 is 11.1 Å². The van der Waals surface area contributed by atoms with E-state index < -0.39 is 6.03 Å². The van der Waals surface area contributed by atoms with Gasteiger partial charge < -0.3 is 11.1 Å². The van der Waals surface area contributed by atoms with Crippen LogP contribution in [0.2, 0.25) is 0 Å². The van der Waals surface area contributed by atoms with Gasteiger partial charge >= 0.3 is 6.03 Å². The molecule has 0 saturated carbocycles. The zero-order valence-electron chi connectivity index (χ0n) is 10.1. The third-order valence-electron chi connectivity index (χ3n) is 2.91. The Kier molecular flexibility index (Phi) is 2.64. The zero-order valence-corrected chi connectivity index (χ0v) is 10.1. The number of primary amides is 1. The van der Waals surface area contributed by atoms with Crippen molar-refractivity contribution in [3.63, 3.8) is 0 Å². The molecular weight excluding hydrogens is 240 g/mol. The second-order valence-corrected chi connectivity index (χ2v) is 4.15. The molecule has 0 unspecified atom stereocenters. The van der Waals surface area contributed by atoms with Crippen LogP contribution in [0.4, 0.5) is 10.5 Å². The van der Waals surface area contributed by atoms with Crippen LogP contribution in [-0.2, 0) is 0 Å². The summed E-state index contributed by atoms with van der Waals surface area (Å²) in [5.41, 5.74) is 8.40. The number of H-pyrrole nitrogens is 1. The molecule has 0 aliphatic rings. The van der Waals surface area contributed by atoms with E-state index in [0.29, 0.717) is 5.69 Å². The van der Waals surface area contributed by atoms with Gasteiger partial charge in [0.05, 0.1) is 11.2 Å². The van der Waals surface area contributed by atoms with Crippen LogP contribution in [-0.4, -0.2) is 16.2 Å². The van der Waals surface area contributed by atoms with E-state index in [9.17, 15) is 4.79 Å². The number of amides is 2. The summed E-state index contributed by atoms with van der Waals surface area (Å²) in [6.45, 7) is 0. The Morgan fingerprint density at radius 2 is 1.84 bits per heavy atom. The maximum absolute atomic E-state index is 11.0. The average Bonchev–Trinajstić information content (AvgIpc) is 2.82. The van der Waals surface area contributed by atoms with Gasteiger partial charge in [0.25, 0.3) is 0 Å². The molecular formula is C14H12N4O.